The van der Waals surface area contributed by atoms with Gasteiger partial charge in [0.1, 0.15) is 16.6 Å². The number of aryl methyl sites for hydroxylation is 1. The summed E-state index contributed by atoms with van der Waals surface area (Å²) in [6.07, 6.45) is 11.1. The maximum absolute atomic E-state index is 12.7. The SMILES string of the molecule is CCNC(=O)c1ccnc2c(NCCC3CCCCC3)c3ncc(CO)c(C)c3nc12. The van der Waals surface area contributed by atoms with E-state index in [1.165, 1.54) is 32.1 Å². The zero-order valence-corrected chi connectivity index (χ0v) is 18.4. The second-order valence-electron chi connectivity index (χ2n) is 8.39. The van der Waals surface area contributed by atoms with Crippen LogP contribution in [0.1, 0.15) is 66.9 Å². The monoisotopic (exact) mass is 421 g/mol. The molecule has 1 fully saturated rings. The number of aliphatic hydroxyl groups is 1. The van der Waals surface area contributed by atoms with Crippen molar-refractivity contribution in [3.8, 4) is 0 Å². The van der Waals surface area contributed by atoms with Crippen LogP contribution in [-0.4, -0.2) is 39.1 Å². The van der Waals surface area contributed by atoms with Crippen LogP contribution >= 0.6 is 0 Å². The van der Waals surface area contributed by atoms with E-state index in [4.69, 9.17) is 4.98 Å². The molecule has 31 heavy (non-hydrogen) atoms. The highest BCUT2D eigenvalue weighted by Gasteiger charge is 2.20. The zero-order chi connectivity index (χ0) is 21.8. The highest BCUT2D eigenvalue weighted by molar-refractivity contribution is 6.12. The Bertz CT molecular complexity index is 1090. The number of carbonyl (C=O) groups excluding carboxylic acids is 1. The molecule has 3 N–H and O–H groups in total. The molecule has 0 aromatic carbocycles. The van der Waals surface area contributed by atoms with Crippen molar-refractivity contribution >= 4 is 33.7 Å². The molecular formula is C24H31N5O2. The van der Waals surface area contributed by atoms with Crippen LogP contribution in [-0.2, 0) is 6.61 Å². The second-order valence-corrected chi connectivity index (χ2v) is 8.39. The Labute approximate surface area is 182 Å². The first-order chi connectivity index (χ1) is 15.1. The second kappa shape index (κ2) is 9.56. The number of amides is 1. The molecule has 1 amide bonds. The summed E-state index contributed by atoms with van der Waals surface area (Å²) < 4.78 is 0. The van der Waals surface area contributed by atoms with Gasteiger partial charge in [-0.05, 0) is 37.8 Å². The minimum absolute atomic E-state index is 0.102. The molecule has 0 bridgehead atoms. The summed E-state index contributed by atoms with van der Waals surface area (Å²) in [7, 11) is 0. The lowest BCUT2D eigenvalue weighted by atomic mass is 9.87. The normalized spacial score (nSPS) is 14.8. The topological polar surface area (TPSA) is 100 Å². The molecule has 3 aromatic heterocycles. The first-order valence-electron chi connectivity index (χ1n) is 11.3. The molecule has 1 aliphatic carbocycles. The lowest BCUT2D eigenvalue weighted by molar-refractivity contribution is 0.0957. The van der Waals surface area contributed by atoms with Gasteiger partial charge in [-0.15, -0.1) is 0 Å². The average molecular weight is 422 g/mol. The summed E-state index contributed by atoms with van der Waals surface area (Å²) in [6, 6.07) is 1.70. The predicted octanol–water partition coefficient (Wildman–Crippen LogP) is 4.11. The van der Waals surface area contributed by atoms with E-state index in [1.807, 2.05) is 13.8 Å². The quantitative estimate of drug-likeness (QED) is 0.497. The van der Waals surface area contributed by atoms with Gasteiger partial charge >= 0.3 is 0 Å². The molecule has 7 heteroatoms. The Hall–Kier alpha value is -2.80. The van der Waals surface area contributed by atoms with E-state index in [-0.39, 0.29) is 12.5 Å². The van der Waals surface area contributed by atoms with Gasteiger partial charge in [0.05, 0.1) is 23.4 Å². The van der Waals surface area contributed by atoms with Crippen molar-refractivity contribution in [3.05, 3.63) is 35.2 Å². The van der Waals surface area contributed by atoms with Gasteiger partial charge < -0.3 is 15.7 Å². The standard InChI is InChI=1S/C24H31N5O2/c1-3-25-24(31)18-10-12-27-22-20(18)29-19-15(2)17(14-30)13-28-21(19)23(22)26-11-9-16-7-5-4-6-8-16/h10,12-13,16,30H,3-9,11,14H2,1-2H3,(H,25,31)(H,26,29). The molecule has 3 aromatic rings. The fourth-order valence-corrected chi connectivity index (χ4v) is 4.57. The van der Waals surface area contributed by atoms with Crippen LogP contribution in [0.2, 0.25) is 0 Å². The molecule has 7 nitrogen and oxygen atoms in total. The van der Waals surface area contributed by atoms with Crippen molar-refractivity contribution < 1.29 is 9.90 Å². The van der Waals surface area contributed by atoms with E-state index < -0.39 is 0 Å². The summed E-state index contributed by atoms with van der Waals surface area (Å²) in [5.41, 5.74) is 5.55. The number of hydrogen-bond acceptors (Lipinski definition) is 6. The molecule has 0 aliphatic heterocycles. The molecule has 164 valence electrons. The summed E-state index contributed by atoms with van der Waals surface area (Å²) in [6.45, 7) is 5.09. The van der Waals surface area contributed by atoms with Crippen LogP contribution < -0.4 is 10.6 Å². The maximum Gasteiger partial charge on any atom is 0.253 e. The largest absolute Gasteiger partial charge is 0.392 e. The third-order valence-electron chi connectivity index (χ3n) is 6.36. The van der Waals surface area contributed by atoms with E-state index in [0.717, 1.165) is 41.2 Å². The Morgan fingerprint density at radius 3 is 2.65 bits per heavy atom. The predicted molar refractivity (Wildman–Crippen MR) is 123 cm³/mol. The highest BCUT2D eigenvalue weighted by atomic mass is 16.3. The van der Waals surface area contributed by atoms with Gasteiger partial charge in [0.15, 0.2) is 0 Å². The van der Waals surface area contributed by atoms with Crippen molar-refractivity contribution in [2.24, 2.45) is 5.92 Å². The zero-order valence-electron chi connectivity index (χ0n) is 18.4. The van der Waals surface area contributed by atoms with Gasteiger partial charge in [-0.25, -0.2) is 4.98 Å². The van der Waals surface area contributed by atoms with Crippen LogP contribution in [0.5, 0.6) is 0 Å². The number of fused-ring (bicyclic) bond motifs is 2. The van der Waals surface area contributed by atoms with Gasteiger partial charge in [-0.1, -0.05) is 32.1 Å². The molecule has 0 unspecified atom stereocenters. The van der Waals surface area contributed by atoms with E-state index in [2.05, 4.69) is 20.6 Å². The van der Waals surface area contributed by atoms with Crippen molar-refractivity contribution in [2.45, 2.75) is 59.0 Å². The first-order valence-corrected chi connectivity index (χ1v) is 11.3. The number of rotatable bonds is 7. The van der Waals surface area contributed by atoms with Gasteiger partial charge in [0, 0.05) is 31.0 Å². The van der Waals surface area contributed by atoms with Gasteiger partial charge in [-0.2, -0.15) is 0 Å². The number of carbonyl (C=O) groups is 1. The average Bonchev–Trinajstić information content (AvgIpc) is 2.80. The van der Waals surface area contributed by atoms with Crippen LogP contribution in [0, 0.1) is 12.8 Å². The maximum atomic E-state index is 12.7. The number of pyridine rings is 3. The Balaban J connectivity index is 1.81. The molecule has 0 saturated heterocycles. The van der Waals surface area contributed by atoms with Gasteiger partial charge in [-0.3, -0.25) is 14.8 Å². The van der Waals surface area contributed by atoms with Crippen molar-refractivity contribution in [3.63, 3.8) is 0 Å². The van der Waals surface area contributed by atoms with Crippen LogP contribution in [0.4, 0.5) is 5.69 Å². The Kier molecular flexibility index (Phi) is 6.61. The highest BCUT2D eigenvalue weighted by Crippen LogP contribution is 2.33. The van der Waals surface area contributed by atoms with Crippen LogP contribution in [0.25, 0.3) is 22.1 Å². The summed E-state index contributed by atoms with van der Waals surface area (Å²) in [4.78, 5) is 26.7. The molecule has 4 rings (SSSR count). The van der Waals surface area contributed by atoms with Crippen molar-refractivity contribution in [2.75, 3.05) is 18.4 Å². The fourth-order valence-electron chi connectivity index (χ4n) is 4.57. The first kappa shape index (κ1) is 21.4. The number of hydrogen-bond donors (Lipinski definition) is 3. The fraction of sp³-hybridized carbons (Fsp3) is 0.500. The summed E-state index contributed by atoms with van der Waals surface area (Å²) in [5.74, 6) is 0.592. The van der Waals surface area contributed by atoms with Crippen molar-refractivity contribution in [1.82, 2.24) is 20.3 Å². The smallest absolute Gasteiger partial charge is 0.253 e. The molecular weight excluding hydrogens is 390 g/mol. The van der Waals surface area contributed by atoms with Crippen molar-refractivity contribution in [1.29, 1.82) is 0 Å². The summed E-state index contributed by atoms with van der Waals surface area (Å²) in [5, 5.41) is 16.1. The van der Waals surface area contributed by atoms with Crippen LogP contribution in [0.3, 0.4) is 0 Å². The number of nitrogens with one attached hydrogen (secondary N) is 2. The van der Waals surface area contributed by atoms with Gasteiger partial charge in [0.2, 0.25) is 0 Å². The van der Waals surface area contributed by atoms with E-state index in [0.29, 0.717) is 28.7 Å². The van der Waals surface area contributed by atoms with Gasteiger partial charge in [0.25, 0.3) is 5.91 Å². The molecule has 0 radical (unpaired) electrons. The number of aliphatic hydroxyl groups excluding tert-OH is 1. The van der Waals surface area contributed by atoms with E-state index in [1.54, 1.807) is 18.5 Å². The number of aromatic nitrogens is 3. The molecule has 3 heterocycles. The number of nitrogens with zero attached hydrogens (tertiary/aromatic N) is 3. The Morgan fingerprint density at radius 2 is 1.90 bits per heavy atom. The minimum Gasteiger partial charge on any atom is -0.392 e. The molecule has 1 aliphatic rings. The lowest BCUT2D eigenvalue weighted by Crippen LogP contribution is -2.23. The minimum atomic E-state index is -0.168. The van der Waals surface area contributed by atoms with E-state index in [9.17, 15) is 9.90 Å². The van der Waals surface area contributed by atoms with E-state index >= 15 is 0 Å². The lowest BCUT2D eigenvalue weighted by Gasteiger charge is -2.22. The third kappa shape index (κ3) is 4.32. The molecule has 1 saturated carbocycles. The summed E-state index contributed by atoms with van der Waals surface area (Å²) >= 11 is 0. The molecule has 0 spiro atoms. The number of anilines is 1. The molecule has 0 atom stereocenters. The van der Waals surface area contributed by atoms with Crippen LogP contribution in [0.15, 0.2) is 18.5 Å². The third-order valence-corrected chi connectivity index (χ3v) is 6.36. The Morgan fingerprint density at radius 1 is 1.13 bits per heavy atom.